The van der Waals surface area contributed by atoms with E-state index in [1.165, 1.54) is 11.8 Å². The molecule has 0 aromatic heterocycles. The van der Waals surface area contributed by atoms with Crippen molar-refractivity contribution in [3.8, 4) is 0 Å². The maximum Gasteiger partial charge on any atom is 0.302 e. The number of carbonyl (C=O) groups is 1. The Kier molecular flexibility index (Phi) is 4.90. The molecule has 0 fully saturated rings. The summed E-state index contributed by atoms with van der Waals surface area (Å²) in [4.78, 5) is 11.8. The number of esters is 1. The minimum absolute atomic E-state index is 0.243. The van der Waals surface area contributed by atoms with Crippen molar-refractivity contribution in [2.45, 2.75) is 18.4 Å². The first-order chi connectivity index (χ1) is 6.72. The third kappa shape index (κ3) is 4.07. The van der Waals surface area contributed by atoms with E-state index in [4.69, 9.17) is 4.74 Å². The van der Waals surface area contributed by atoms with Gasteiger partial charge < -0.3 is 4.74 Å². The summed E-state index contributed by atoms with van der Waals surface area (Å²) in [5, 5.41) is 0. The molecule has 0 spiro atoms. The van der Waals surface area contributed by atoms with Gasteiger partial charge in [-0.3, -0.25) is 4.79 Å². The number of ether oxygens (including phenoxy) is 1. The monoisotopic (exact) mass is 228 g/mol. The minimum Gasteiger partial charge on any atom is -0.461 e. The van der Waals surface area contributed by atoms with E-state index in [-0.39, 0.29) is 5.97 Å². The zero-order valence-corrected chi connectivity index (χ0v) is 9.78. The van der Waals surface area contributed by atoms with E-state index in [2.05, 4.69) is 0 Å². The highest BCUT2D eigenvalue weighted by Gasteiger charge is 1.97. The molecular formula is C10H12O2S2. The van der Waals surface area contributed by atoms with Crippen molar-refractivity contribution >= 4 is 27.6 Å². The van der Waals surface area contributed by atoms with E-state index in [1.807, 2.05) is 30.5 Å². The van der Waals surface area contributed by atoms with Crippen LogP contribution in [0.4, 0.5) is 0 Å². The fourth-order valence-electron chi connectivity index (χ4n) is 0.922. The average molecular weight is 228 g/mol. The molecule has 0 atom stereocenters. The van der Waals surface area contributed by atoms with Crippen LogP contribution in [0.5, 0.6) is 0 Å². The first-order valence-corrected chi connectivity index (χ1v) is 6.71. The van der Waals surface area contributed by atoms with Crippen LogP contribution in [0.15, 0.2) is 29.2 Å². The van der Waals surface area contributed by atoms with Crippen molar-refractivity contribution in [1.82, 2.24) is 0 Å². The fourth-order valence-corrected chi connectivity index (χ4v) is 2.27. The normalized spacial score (nSPS) is 9.86. The van der Waals surface area contributed by atoms with Gasteiger partial charge in [0, 0.05) is 11.8 Å². The second kappa shape index (κ2) is 5.98. The average Bonchev–Trinajstić information content (AvgIpc) is 2.17. The number of rotatable bonds is 4. The number of hydrogen-bond donors (Lipinski definition) is 0. The zero-order chi connectivity index (χ0) is 10.4. The Balaban J connectivity index is 2.50. The van der Waals surface area contributed by atoms with Gasteiger partial charge in [-0.15, -0.1) is 0 Å². The summed E-state index contributed by atoms with van der Waals surface area (Å²) in [5.74, 6) is -0.243. The fraction of sp³-hybridized carbons (Fsp3) is 0.300. The topological polar surface area (TPSA) is 26.3 Å². The van der Waals surface area contributed by atoms with Crippen LogP contribution in [0.2, 0.25) is 0 Å². The van der Waals surface area contributed by atoms with Gasteiger partial charge in [0.25, 0.3) is 0 Å². The van der Waals surface area contributed by atoms with Gasteiger partial charge in [0.05, 0.1) is 0 Å². The van der Waals surface area contributed by atoms with Crippen LogP contribution in [0.1, 0.15) is 12.5 Å². The predicted molar refractivity (Wildman–Crippen MR) is 61.3 cm³/mol. The Labute approximate surface area is 91.8 Å². The van der Waals surface area contributed by atoms with Gasteiger partial charge in [-0.25, -0.2) is 0 Å². The summed E-state index contributed by atoms with van der Waals surface area (Å²) in [6, 6.07) is 8.00. The molecule has 0 N–H and O–H groups in total. The van der Waals surface area contributed by atoms with Crippen molar-refractivity contribution in [1.29, 1.82) is 0 Å². The highest BCUT2D eigenvalue weighted by atomic mass is 33.1. The minimum atomic E-state index is -0.243. The molecular weight excluding hydrogens is 216 g/mol. The second-order valence-electron chi connectivity index (χ2n) is 2.67. The Morgan fingerprint density at radius 2 is 2.00 bits per heavy atom. The second-order valence-corrected chi connectivity index (χ2v) is 5.15. The molecule has 14 heavy (non-hydrogen) atoms. The molecule has 4 heteroatoms. The molecule has 1 aromatic carbocycles. The van der Waals surface area contributed by atoms with Crippen LogP contribution < -0.4 is 0 Å². The van der Waals surface area contributed by atoms with E-state index in [0.717, 1.165) is 5.56 Å². The highest BCUT2D eigenvalue weighted by Crippen LogP contribution is 2.28. The van der Waals surface area contributed by atoms with Crippen molar-refractivity contribution < 1.29 is 9.53 Å². The Hall–Kier alpha value is -0.610. The predicted octanol–water partition coefficient (Wildman–Crippen LogP) is 3.12. The van der Waals surface area contributed by atoms with Crippen molar-refractivity contribution in [2.24, 2.45) is 0 Å². The van der Waals surface area contributed by atoms with Gasteiger partial charge in [-0.1, -0.05) is 33.7 Å². The summed E-state index contributed by atoms with van der Waals surface area (Å²) in [6.45, 7) is 1.78. The largest absolute Gasteiger partial charge is 0.461 e. The summed E-state index contributed by atoms with van der Waals surface area (Å²) in [6.07, 6.45) is 2.04. The highest BCUT2D eigenvalue weighted by molar-refractivity contribution is 8.76. The lowest BCUT2D eigenvalue weighted by Crippen LogP contribution is -1.98. The lowest BCUT2D eigenvalue weighted by Gasteiger charge is -2.02. The van der Waals surface area contributed by atoms with E-state index < -0.39 is 0 Å². The number of benzene rings is 1. The maximum absolute atomic E-state index is 10.6. The van der Waals surface area contributed by atoms with Crippen molar-refractivity contribution in [3.63, 3.8) is 0 Å². The molecule has 0 amide bonds. The molecule has 0 saturated carbocycles. The molecule has 0 unspecified atom stereocenters. The summed E-state index contributed by atoms with van der Waals surface area (Å²) < 4.78 is 4.88. The van der Waals surface area contributed by atoms with Gasteiger partial charge in [0.1, 0.15) is 6.61 Å². The first kappa shape index (κ1) is 11.5. The molecule has 76 valence electrons. The standard InChI is InChI=1S/C10H12O2S2/c1-8(11)12-7-9-3-5-10(6-4-9)14-13-2/h3-6H,7H2,1-2H3. The van der Waals surface area contributed by atoms with Crippen LogP contribution >= 0.6 is 21.6 Å². The van der Waals surface area contributed by atoms with Crippen LogP contribution in [0.25, 0.3) is 0 Å². The summed E-state index contributed by atoms with van der Waals surface area (Å²) >= 11 is 0. The lowest BCUT2D eigenvalue weighted by atomic mass is 10.2. The molecule has 0 radical (unpaired) electrons. The molecule has 0 aliphatic carbocycles. The van der Waals surface area contributed by atoms with E-state index in [9.17, 15) is 4.79 Å². The molecule has 1 aromatic rings. The third-order valence-corrected chi connectivity index (χ3v) is 3.25. The third-order valence-electron chi connectivity index (χ3n) is 1.55. The Morgan fingerprint density at radius 3 is 2.50 bits per heavy atom. The molecule has 0 bridgehead atoms. The Bertz CT molecular complexity index is 295. The lowest BCUT2D eigenvalue weighted by molar-refractivity contribution is -0.142. The molecule has 0 aliphatic heterocycles. The molecule has 0 heterocycles. The van der Waals surface area contributed by atoms with Gasteiger partial charge in [0.2, 0.25) is 0 Å². The van der Waals surface area contributed by atoms with Gasteiger partial charge in [0.15, 0.2) is 0 Å². The van der Waals surface area contributed by atoms with Crippen LogP contribution in [-0.4, -0.2) is 12.2 Å². The molecule has 0 aliphatic rings. The summed E-state index contributed by atoms with van der Waals surface area (Å²) in [5.41, 5.74) is 1.02. The Morgan fingerprint density at radius 1 is 1.36 bits per heavy atom. The number of carbonyl (C=O) groups excluding carboxylic acids is 1. The number of hydrogen-bond acceptors (Lipinski definition) is 4. The smallest absolute Gasteiger partial charge is 0.302 e. The first-order valence-electron chi connectivity index (χ1n) is 4.15. The van der Waals surface area contributed by atoms with Crippen LogP contribution in [-0.2, 0) is 16.1 Å². The van der Waals surface area contributed by atoms with Crippen molar-refractivity contribution in [2.75, 3.05) is 6.26 Å². The van der Waals surface area contributed by atoms with Gasteiger partial charge >= 0.3 is 5.97 Å². The molecule has 0 saturated heterocycles. The van der Waals surface area contributed by atoms with E-state index >= 15 is 0 Å². The van der Waals surface area contributed by atoms with Crippen molar-refractivity contribution in [3.05, 3.63) is 29.8 Å². The quantitative estimate of drug-likeness (QED) is 0.584. The van der Waals surface area contributed by atoms with E-state index in [0.29, 0.717) is 6.61 Å². The van der Waals surface area contributed by atoms with Crippen LogP contribution in [0.3, 0.4) is 0 Å². The van der Waals surface area contributed by atoms with Crippen LogP contribution in [0, 0.1) is 0 Å². The SMILES string of the molecule is CSSc1ccc(COC(C)=O)cc1. The van der Waals surface area contributed by atoms with Gasteiger partial charge in [-0.05, 0) is 24.0 Å². The van der Waals surface area contributed by atoms with E-state index in [1.54, 1.807) is 21.6 Å². The van der Waals surface area contributed by atoms with Gasteiger partial charge in [-0.2, -0.15) is 0 Å². The zero-order valence-electron chi connectivity index (χ0n) is 8.15. The molecule has 2 nitrogen and oxygen atoms in total. The maximum atomic E-state index is 10.6. The summed E-state index contributed by atoms with van der Waals surface area (Å²) in [7, 11) is 3.43. The molecule has 1 rings (SSSR count).